The first kappa shape index (κ1) is 17.5. The number of hydrogen-bond donors (Lipinski definition) is 2. The number of carbonyl (C=O) groups is 2. The highest BCUT2D eigenvalue weighted by molar-refractivity contribution is 6.08. The predicted octanol–water partition coefficient (Wildman–Crippen LogP) is 3.67. The molecule has 24 heavy (non-hydrogen) atoms. The van der Waals surface area contributed by atoms with E-state index in [1.807, 2.05) is 0 Å². The molecule has 2 N–H and O–H groups in total. The molecule has 1 aromatic heterocycles. The molecule has 126 valence electrons. The Morgan fingerprint density at radius 2 is 1.75 bits per heavy atom. The fourth-order valence-electron chi connectivity index (χ4n) is 2.09. The van der Waals surface area contributed by atoms with E-state index in [-0.39, 0.29) is 22.5 Å². The first-order valence-corrected chi connectivity index (χ1v) is 6.79. The molecule has 0 radical (unpaired) electrons. The molecule has 0 aliphatic carbocycles. The molecule has 2 aromatic rings. The minimum absolute atomic E-state index is 0.0531. The highest BCUT2D eigenvalue weighted by Gasteiger charge is 2.33. The molecule has 1 amide bonds. The van der Waals surface area contributed by atoms with Crippen molar-refractivity contribution in [2.45, 2.75) is 20.0 Å². The number of benzene rings is 1. The van der Waals surface area contributed by atoms with E-state index in [2.05, 4.69) is 10.3 Å². The third-order valence-corrected chi connectivity index (χ3v) is 3.27. The SMILES string of the molecule is Cc1ccc(NC(=O)c2ccc(C(F)(F)F)nc2C)c(C(=O)O)c1. The molecule has 0 saturated heterocycles. The quantitative estimate of drug-likeness (QED) is 0.895. The highest BCUT2D eigenvalue weighted by Crippen LogP contribution is 2.28. The minimum atomic E-state index is -4.60. The Hall–Kier alpha value is -2.90. The number of carboxylic acid groups (broad SMARTS) is 1. The van der Waals surface area contributed by atoms with Crippen LogP contribution in [0.2, 0.25) is 0 Å². The van der Waals surface area contributed by atoms with Crippen LogP contribution in [-0.4, -0.2) is 22.0 Å². The summed E-state index contributed by atoms with van der Waals surface area (Å²) in [5.74, 6) is -1.96. The maximum Gasteiger partial charge on any atom is 0.433 e. The number of hydrogen-bond acceptors (Lipinski definition) is 3. The van der Waals surface area contributed by atoms with E-state index in [1.165, 1.54) is 19.1 Å². The Labute approximate surface area is 135 Å². The Morgan fingerprint density at radius 3 is 2.29 bits per heavy atom. The van der Waals surface area contributed by atoms with Gasteiger partial charge in [-0.15, -0.1) is 0 Å². The van der Waals surface area contributed by atoms with Gasteiger partial charge in [-0.3, -0.25) is 4.79 Å². The van der Waals surface area contributed by atoms with Crippen molar-refractivity contribution in [1.29, 1.82) is 0 Å². The Bertz CT molecular complexity index is 817. The monoisotopic (exact) mass is 338 g/mol. The van der Waals surface area contributed by atoms with Crippen molar-refractivity contribution in [2.24, 2.45) is 0 Å². The van der Waals surface area contributed by atoms with Crippen LogP contribution in [0.15, 0.2) is 30.3 Å². The summed E-state index contributed by atoms with van der Waals surface area (Å²) in [5.41, 5.74) is -0.639. The molecule has 8 heteroatoms. The number of aromatic carboxylic acids is 1. The summed E-state index contributed by atoms with van der Waals surface area (Å²) >= 11 is 0. The Balaban J connectivity index is 2.33. The Kier molecular flexibility index (Phi) is 4.59. The van der Waals surface area contributed by atoms with Gasteiger partial charge in [0, 0.05) is 0 Å². The summed E-state index contributed by atoms with van der Waals surface area (Å²) in [6, 6.07) is 6.13. The molecule has 0 unspecified atom stereocenters. The van der Waals surface area contributed by atoms with Gasteiger partial charge in [-0.1, -0.05) is 11.6 Å². The van der Waals surface area contributed by atoms with Crippen LogP contribution in [0.1, 0.15) is 37.7 Å². The number of nitrogens with zero attached hydrogens (tertiary/aromatic N) is 1. The number of anilines is 1. The zero-order valence-electron chi connectivity index (χ0n) is 12.7. The van der Waals surface area contributed by atoms with E-state index in [9.17, 15) is 22.8 Å². The van der Waals surface area contributed by atoms with E-state index in [0.717, 1.165) is 6.07 Å². The first-order chi connectivity index (χ1) is 11.1. The highest BCUT2D eigenvalue weighted by atomic mass is 19.4. The first-order valence-electron chi connectivity index (χ1n) is 6.79. The van der Waals surface area contributed by atoms with Crippen molar-refractivity contribution < 1.29 is 27.9 Å². The average molecular weight is 338 g/mol. The number of halogens is 3. The van der Waals surface area contributed by atoms with E-state index < -0.39 is 23.7 Å². The van der Waals surface area contributed by atoms with E-state index >= 15 is 0 Å². The predicted molar refractivity (Wildman–Crippen MR) is 80.1 cm³/mol. The number of pyridine rings is 1. The number of aromatic nitrogens is 1. The van der Waals surface area contributed by atoms with Gasteiger partial charge in [0.05, 0.1) is 22.5 Å². The van der Waals surface area contributed by atoms with Crippen molar-refractivity contribution >= 4 is 17.6 Å². The lowest BCUT2D eigenvalue weighted by atomic mass is 10.1. The minimum Gasteiger partial charge on any atom is -0.478 e. The summed E-state index contributed by atoms with van der Waals surface area (Å²) in [4.78, 5) is 26.8. The zero-order chi connectivity index (χ0) is 18.1. The van der Waals surface area contributed by atoms with Gasteiger partial charge in [-0.2, -0.15) is 13.2 Å². The lowest BCUT2D eigenvalue weighted by Crippen LogP contribution is -2.18. The molecule has 0 bridgehead atoms. The molecule has 2 rings (SSSR count). The lowest BCUT2D eigenvalue weighted by molar-refractivity contribution is -0.141. The van der Waals surface area contributed by atoms with Gasteiger partial charge < -0.3 is 10.4 Å². The molecular weight excluding hydrogens is 325 g/mol. The fourth-order valence-corrected chi connectivity index (χ4v) is 2.09. The number of alkyl halides is 3. The normalized spacial score (nSPS) is 11.2. The maximum absolute atomic E-state index is 12.6. The van der Waals surface area contributed by atoms with Crippen LogP contribution >= 0.6 is 0 Å². The number of aryl methyl sites for hydroxylation is 2. The topological polar surface area (TPSA) is 79.3 Å². The molecule has 0 saturated carbocycles. The second-order valence-electron chi connectivity index (χ2n) is 5.14. The standard InChI is InChI=1S/C16H13F3N2O3/c1-8-3-5-12(11(7-8)15(23)24)21-14(22)10-4-6-13(16(17,18)19)20-9(10)2/h3-7H,1-2H3,(H,21,22)(H,23,24). The number of carbonyl (C=O) groups excluding carboxylic acids is 1. The molecule has 5 nitrogen and oxygen atoms in total. The van der Waals surface area contributed by atoms with Crippen LogP contribution in [0.5, 0.6) is 0 Å². The van der Waals surface area contributed by atoms with Gasteiger partial charge >= 0.3 is 12.1 Å². The van der Waals surface area contributed by atoms with Crippen molar-refractivity contribution in [1.82, 2.24) is 4.98 Å². The third kappa shape index (κ3) is 3.70. The van der Waals surface area contributed by atoms with Crippen LogP contribution in [0, 0.1) is 13.8 Å². The smallest absolute Gasteiger partial charge is 0.433 e. The molecule has 0 aliphatic heterocycles. The van der Waals surface area contributed by atoms with Crippen LogP contribution in [0.4, 0.5) is 18.9 Å². The lowest BCUT2D eigenvalue weighted by Gasteiger charge is -2.12. The number of amides is 1. The maximum atomic E-state index is 12.6. The number of nitrogens with one attached hydrogen (secondary N) is 1. The van der Waals surface area contributed by atoms with Crippen LogP contribution in [-0.2, 0) is 6.18 Å². The number of rotatable bonds is 3. The Morgan fingerprint density at radius 1 is 1.08 bits per heavy atom. The van der Waals surface area contributed by atoms with Gasteiger partial charge in [0.15, 0.2) is 0 Å². The van der Waals surface area contributed by atoms with Crippen LogP contribution < -0.4 is 5.32 Å². The number of carboxylic acids is 1. The van der Waals surface area contributed by atoms with E-state index in [0.29, 0.717) is 11.6 Å². The van der Waals surface area contributed by atoms with Crippen LogP contribution in [0.25, 0.3) is 0 Å². The zero-order valence-corrected chi connectivity index (χ0v) is 12.7. The van der Waals surface area contributed by atoms with Gasteiger partial charge in [0.1, 0.15) is 5.69 Å². The summed E-state index contributed by atoms with van der Waals surface area (Å²) in [6.07, 6.45) is -4.60. The van der Waals surface area contributed by atoms with Crippen molar-refractivity contribution in [3.8, 4) is 0 Å². The second-order valence-corrected chi connectivity index (χ2v) is 5.14. The van der Waals surface area contributed by atoms with Crippen molar-refractivity contribution in [3.05, 3.63) is 58.4 Å². The largest absolute Gasteiger partial charge is 0.478 e. The van der Waals surface area contributed by atoms with Crippen molar-refractivity contribution in [3.63, 3.8) is 0 Å². The van der Waals surface area contributed by atoms with Gasteiger partial charge in [-0.05, 0) is 38.1 Å². The third-order valence-electron chi connectivity index (χ3n) is 3.27. The summed E-state index contributed by atoms with van der Waals surface area (Å²) in [7, 11) is 0. The van der Waals surface area contributed by atoms with E-state index in [1.54, 1.807) is 13.0 Å². The molecule has 1 aromatic carbocycles. The van der Waals surface area contributed by atoms with Gasteiger partial charge in [0.2, 0.25) is 0 Å². The molecule has 0 atom stereocenters. The van der Waals surface area contributed by atoms with Gasteiger partial charge in [-0.25, -0.2) is 9.78 Å². The summed E-state index contributed by atoms with van der Waals surface area (Å²) in [6.45, 7) is 2.97. The van der Waals surface area contributed by atoms with Crippen LogP contribution in [0.3, 0.4) is 0 Å². The van der Waals surface area contributed by atoms with E-state index in [4.69, 9.17) is 5.11 Å². The molecule has 1 heterocycles. The summed E-state index contributed by atoms with van der Waals surface area (Å²) in [5, 5.41) is 11.6. The molecular formula is C16H13F3N2O3. The molecule has 0 spiro atoms. The fraction of sp³-hybridized carbons (Fsp3) is 0.188. The average Bonchev–Trinajstić information content (AvgIpc) is 2.47. The second kappa shape index (κ2) is 6.31. The summed E-state index contributed by atoms with van der Waals surface area (Å²) < 4.78 is 37.8. The van der Waals surface area contributed by atoms with Crippen molar-refractivity contribution in [2.75, 3.05) is 5.32 Å². The molecule has 0 fully saturated rings. The van der Waals surface area contributed by atoms with Gasteiger partial charge in [0.25, 0.3) is 5.91 Å². The molecule has 0 aliphatic rings.